The zero-order chi connectivity index (χ0) is 14.0. The van der Waals surface area contributed by atoms with Crippen LogP contribution >= 0.6 is 0 Å². The molecule has 0 radical (unpaired) electrons. The van der Waals surface area contributed by atoms with Crippen LogP contribution in [-0.4, -0.2) is 57.5 Å². The molecule has 19 heavy (non-hydrogen) atoms. The van der Waals surface area contributed by atoms with E-state index < -0.39 is 12.0 Å². The van der Waals surface area contributed by atoms with Crippen LogP contribution in [0.1, 0.15) is 23.0 Å². The summed E-state index contributed by atoms with van der Waals surface area (Å²) in [4.78, 5) is 25.0. The van der Waals surface area contributed by atoms with Gasteiger partial charge in [0.15, 0.2) is 6.04 Å². The maximum Gasteiger partial charge on any atom is 0.328 e. The van der Waals surface area contributed by atoms with Crippen molar-refractivity contribution in [3.63, 3.8) is 0 Å². The molecule has 0 bridgehead atoms. The first-order chi connectivity index (χ1) is 9.04. The Labute approximate surface area is 110 Å². The van der Waals surface area contributed by atoms with Crippen molar-refractivity contribution in [3.05, 3.63) is 17.5 Å². The van der Waals surface area contributed by atoms with Crippen molar-refractivity contribution in [1.82, 2.24) is 14.7 Å². The highest BCUT2D eigenvalue weighted by Gasteiger charge is 2.34. The number of hydrogen-bond donors (Lipinski definition) is 1. The van der Waals surface area contributed by atoms with Crippen molar-refractivity contribution in [2.45, 2.75) is 19.4 Å². The van der Waals surface area contributed by atoms with Gasteiger partial charge in [0.1, 0.15) is 0 Å². The molecule has 1 fully saturated rings. The van der Waals surface area contributed by atoms with Crippen molar-refractivity contribution >= 4 is 11.9 Å². The van der Waals surface area contributed by atoms with Gasteiger partial charge < -0.3 is 14.7 Å². The lowest BCUT2D eigenvalue weighted by atomic mass is 10.1. The summed E-state index contributed by atoms with van der Waals surface area (Å²) in [6.45, 7) is 2.58. The van der Waals surface area contributed by atoms with Crippen LogP contribution in [0.5, 0.6) is 0 Å². The third kappa shape index (κ3) is 2.60. The van der Waals surface area contributed by atoms with E-state index in [-0.39, 0.29) is 19.1 Å². The molecule has 0 saturated carbocycles. The number of nitrogens with zero attached hydrogens (tertiary/aromatic N) is 3. The predicted molar refractivity (Wildman–Crippen MR) is 65.9 cm³/mol. The molecule has 1 N–H and O–H groups in total. The van der Waals surface area contributed by atoms with Crippen LogP contribution in [0.2, 0.25) is 0 Å². The zero-order valence-electron chi connectivity index (χ0n) is 11.0. The van der Waals surface area contributed by atoms with E-state index in [0.717, 1.165) is 0 Å². The van der Waals surface area contributed by atoms with Gasteiger partial charge in [0.05, 0.1) is 24.5 Å². The summed E-state index contributed by atoms with van der Waals surface area (Å²) < 4.78 is 6.70. The molecule has 2 heterocycles. The molecule has 2 rings (SSSR count). The molecule has 0 aliphatic carbocycles. The summed E-state index contributed by atoms with van der Waals surface area (Å²) in [5.41, 5.74) is 1.15. The van der Waals surface area contributed by atoms with Gasteiger partial charge in [-0.3, -0.25) is 9.48 Å². The first-order valence-corrected chi connectivity index (χ1v) is 6.18. The molecule has 0 aromatic carbocycles. The monoisotopic (exact) mass is 267 g/mol. The number of carbonyl (C=O) groups excluding carboxylic acids is 1. The van der Waals surface area contributed by atoms with Gasteiger partial charge in [-0.05, 0) is 6.42 Å². The summed E-state index contributed by atoms with van der Waals surface area (Å²) in [7, 11) is 1.74. The second kappa shape index (κ2) is 5.40. The van der Waals surface area contributed by atoms with E-state index >= 15 is 0 Å². The van der Waals surface area contributed by atoms with E-state index in [1.165, 1.54) is 4.90 Å². The van der Waals surface area contributed by atoms with Crippen molar-refractivity contribution < 1.29 is 19.4 Å². The first-order valence-electron chi connectivity index (χ1n) is 6.18. The molecular weight excluding hydrogens is 250 g/mol. The van der Waals surface area contributed by atoms with Gasteiger partial charge in [0.2, 0.25) is 0 Å². The quantitative estimate of drug-likeness (QED) is 0.827. The van der Waals surface area contributed by atoms with Gasteiger partial charge in [0, 0.05) is 19.8 Å². The van der Waals surface area contributed by atoms with Crippen LogP contribution in [0.15, 0.2) is 6.20 Å². The number of carboxylic acids is 1. The Morgan fingerprint density at radius 3 is 2.95 bits per heavy atom. The van der Waals surface area contributed by atoms with E-state index in [1.807, 2.05) is 6.92 Å². The fourth-order valence-electron chi connectivity index (χ4n) is 2.18. The van der Waals surface area contributed by atoms with Crippen molar-refractivity contribution in [3.8, 4) is 0 Å². The van der Waals surface area contributed by atoms with Gasteiger partial charge in [-0.15, -0.1) is 0 Å². The fraction of sp³-hybridized carbons (Fsp3) is 0.583. The predicted octanol–water partition coefficient (Wildman–Crippen LogP) is -0.0919. The number of carbonyl (C=O) groups is 2. The molecule has 7 heteroatoms. The molecule has 1 aliphatic heterocycles. The molecule has 0 spiro atoms. The van der Waals surface area contributed by atoms with E-state index in [1.54, 1.807) is 17.9 Å². The van der Waals surface area contributed by atoms with Crippen molar-refractivity contribution in [2.24, 2.45) is 7.05 Å². The Balaban J connectivity index is 2.28. The lowest BCUT2D eigenvalue weighted by molar-refractivity contribution is -0.147. The SMILES string of the molecule is CCc1nn(C)cc1C(=O)N1CCOCC1C(=O)O. The topological polar surface area (TPSA) is 84.7 Å². The number of aromatic nitrogens is 2. The van der Waals surface area contributed by atoms with Gasteiger partial charge in [0.25, 0.3) is 5.91 Å². The third-order valence-corrected chi connectivity index (χ3v) is 3.14. The van der Waals surface area contributed by atoms with Crippen LogP contribution < -0.4 is 0 Å². The fourth-order valence-corrected chi connectivity index (χ4v) is 2.18. The van der Waals surface area contributed by atoms with Gasteiger partial charge in [-0.25, -0.2) is 4.79 Å². The minimum absolute atomic E-state index is 0.0305. The average Bonchev–Trinajstić information content (AvgIpc) is 2.79. The van der Waals surface area contributed by atoms with Crippen molar-refractivity contribution in [1.29, 1.82) is 0 Å². The number of carboxylic acid groups (broad SMARTS) is 1. The number of aryl methyl sites for hydroxylation is 2. The third-order valence-electron chi connectivity index (χ3n) is 3.14. The van der Waals surface area contributed by atoms with Crippen molar-refractivity contribution in [2.75, 3.05) is 19.8 Å². The highest BCUT2D eigenvalue weighted by Crippen LogP contribution is 2.16. The zero-order valence-corrected chi connectivity index (χ0v) is 11.0. The lowest BCUT2D eigenvalue weighted by Gasteiger charge is -2.32. The largest absolute Gasteiger partial charge is 0.480 e. The second-order valence-corrected chi connectivity index (χ2v) is 4.44. The molecule has 1 aromatic heterocycles. The Bertz CT molecular complexity index is 497. The van der Waals surface area contributed by atoms with E-state index in [9.17, 15) is 9.59 Å². The maximum absolute atomic E-state index is 12.5. The smallest absolute Gasteiger partial charge is 0.328 e. The van der Waals surface area contributed by atoms with Crippen LogP contribution in [0.3, 0.4) is 0 Å². The molecule has 1 amide bonds. The molecule has 1 aromatic rings. The van der Waals surface area contributed by atoms with Crippen LogP contribution in [0, 0.1) is 0 Å². The van der Waals surface area contributed by atoms with Gasteiger partial charge >= 0.3 is 5.97 Å². The minimum atomic E-state index is -1.05. The highest BCUT2D eigenvalue weighted by atomic mass is 16.5. The minimum Gasteiger partial charge on any atom is -0.480 e. The Kier molecular flexibility index (Phi) is 3.84. The van der Waals surface area contributed by atoms with E-state index in [4.69, 9.17) is 9.84 Å². The molecule has 1 unspecified atom stereocenters. The number of morpholine rings is 1. The number of ether oxygens (including phenoxy) is 1. The van der Waals surface area contributed by atoms with Gasteiger partial charge in [-0.2, -0.15) is 5.10 Å². The lowest BCUT2D eigenvalue weighted by Crippen LogP contribution is -2.52. The van der Waals surface area contributed by atoms with Crippen LogP contribution in [-0.2, 0) is 23.0 Å². The normalized spacial score (nSPS) is 19.5. The Morgan fingerprint density at radius 2 is 2.32 bits per heavy atom. The van der Waals surface area contributed by atoms with E-state index in [0.29, 0.717) is 24.3 Å². The summed E-state index contributed by atoms with van der Waals surface area (Å²) in [5.74, 6) is -1.34. The number of rotatable bonds is 3. The summed E-state index contributed by atoms with van der Waals surface area (Å²) in [6.07, 6.45) is 2.26. The average molecular weight is 267 g/mol. The Morgan fingerprint density at radius 1 is 1.58 bits per heavy atom. The second-order valence-electron chi connectivity index (χ2n) is 4.44. The van der Waals surface area contributed by atoms with Crippen LogP contribution in [0.25, 0.3) is 0 Å². The molecule has 104 valence electrons. The van der Waals surface area contributed by atoms with E-state index in [2.05, 4.69) is 5.10 Å². The molecular formula is C12H17N3O4. The Hall–Kier alpha value is -1.89. The summed E-state index contributed by atoms with van der Waals surface area (Å²) >= 11 is 0. The summed E-state index contributed by atoms with van der Waals surface area (Å²) in [5, 5.41) is 13.3. The number of aliphatic carboxylic acids is 1. The molecule has 7 nitrogen and oxygen atoms in total. The number of hydrogen-bond acceptors (Lipinski definition) is 4. The standard InChI is InChI=1S/C12H17N3O4/c1-3-9-8(6-14(2)13-9)11(16)15-4-5-19-7-10(15)12(17)18/h6,10H,3-5,7H2,1-2H3,(H,17,18). The summed E-state index contributed by atoms with van der Waals surface area (Å²) in [6, 6.07) is -0.925. The maximum atomic E-state index is 12.5. The number of amides is 1. The highest BCUT2D eigenvalue weighted by molar-refractivity contribution is 5.97. The molecule has 1 aliphatic rings. The van der Waals surface area contributed by atoms with Crippen LogP contribution in [0.4, 0.5) is 0 Å². The van der Waals surface area contributed by atoms with Gasteiger partial charge in [-0.1, -0.05) is 6.92 Å². The molecule has 1 saturated heterocycles. The molecule has 1 atom stereocenters. The first kappa shape index (κ1) is 13.5.